The molecule has 4 nitrogen and oxygen atoms in total. The molecule has 2 rings (SSSR count). The van der Waals surface area contributed by atoms with Crippen LogP contribution in [0.5, 0.6) is 0 Å². The van der Waals surface area contributed by atoms with Crippen molar-refractivity contribution in [3.8, 4) is 0 Å². The number of aromatic nitrogens is 2. The van der Waals surface area contributed by atoms with E-state index in [0.29, 0.717) is 5.56 Å². The van der Waals surface area contributed by atoms with Gasteiger partial charge in [-0.2, -0.15) is 0 Å². The fourth-order valence-electron chi connectivity index (χ4n) is 1.35. The number of carbonyl (C=O) groups is 1. The third-order valence-electron chi connectivity index (χ3n) is 2.20. The van der Waals surface area contributed by atoms with Crippen molar-refractivity contribution in [2.75, 3.05) is 0 Å². The van der Waals surface area contributed by atoms with Gasteiger partial charge in [0.2, 0.25) is 0 Å². The van der Waals surface area contributed by atoms with E-state index in [9.17, 15) is 4.79 Å². The zero-order valence-electron chi connectivity index (χ0n) is 9.12. The van der Waals surface area contributed by atoms with Crippen molar-refractivity contribution in [1.29, 1.82) is 0 Å². The molecule has 0 amide bonds. The number of hydrogen-bond donors (Lipinski definition) is 1. The molecule has 1 N–H and O–H groups in total. The minimum atomic E-state index is -0.913. The molecule has 0 radical (unpaired) electrons. The van der Waals surface area contributed by atoms with Crippen LogP contribution in [-0.4, -0.2) is 21.0 Å². The number of carboxylic acids is 1. The molecule has 5 heteroatoms. The van der Waals surface area contributed by atoms with Crippen LogP contribution in [0.2, 0.25) is 0 Å². The SMILES string of the molecule is Cc1ccc(Sc2cnccn2)cc1C(=O)O. The van der Waals surface area contributed by atoms with Crippen LogP contribution < -0.4 is 0 Å². The van der Waals surface area contributed by atoms with Gasteiger partial charge in [0.15, 0.2) is 0 Å². The van der Waals surface area contributed by atoms with Crippen molar-refractivity contribution in [1.82, 2.24) is 9.97 Å². The molecule has 0 saturated heterocycles. The Morgan fingerprint density at radius 3 is 2.82 bits per heavy atom. The highest BCUT2D eigenvalue weighted by atomic mass is 32.2. The van der Waals surface area contributed by atoms with Crippen LogP contribution in [0.15, 0.2) is 46.7 Å². The van der Waals surface area contributed by atoms with E-state index in [1.165, 1.54) is 11.8 Å². The second-order valence-electron chi connectivity index (χ2n) is 3.43. The Bertz CT molecular complexity index is 543. The van der Waals surface area contributed by atoms with Gasteiger partial charge in [0, 0.05) is 17.3 Å². The van der Waals surface area contributed by atoms with Gasteiger partial charge in [-0.05, 0) is 24.6 Å². The van der Waals surface area contributed by atoms with Gasteiger partial charge in [-0.1, -0.05) is 17.8 Å². The van der Waals surface area contributed by atoms with Crippen LogP contribution in [0, 0.1) is 6.92 Å². The molecule has 0 unspecified atom stereocenters. The van der Waals surface area contributed by atoms with E-state index in [0.717, 1.165) is 15.5 Å². The summed E-state index contributed by atoms with van der Waals surface area (Å²) in [7, 11) is 0. The maximum Gasteiger partial charge on any atom is 0.335 e. The summed E-state index contributed by atoms with van der Waals surface area (Å²) in [5.74, 6) is -0.913. The predicted molar refractivity (Wildman–Crippen MR) is 64.3 cm³/mol. The number of rotatable bonds is 3. The molecule has 86 valence electrons. The molecule has 1 aromatic carbocycles. The van der Waals surface area contributed by atoms with Crippen molar-refractivity contribution in [3.63, 3.8) is 0 Å². The minimum Gasteiger partial charge on any atom is -0.478 e. The summed E-state index contributed by atoms with van der Waals surface area (Å²) in [6.07, 6.45) is 4.85. The number of hydrogen-bond acceptors (Lipinski definition) is 4. The molecular formula is C12H10N2O2S. The van der Waals surface area contributed by atoms with Crippen molar-refractivity contribution in [2.24, 2.45) is 0 Å². The van der Waals surface area contributed by atoms with Gasteiger partial charge in [0.05, 0.1) is 11.8 Å². The first kappa shape index (κ1) is 11.6. The van der Waals surface area contributed by atoms with Gasteiger partial charge in [-0.3, -0.25) is 4.98 Å². The summed E-state index contributed by atoms with van der Waals surface area (Å²) in [6, 6.07) is 5.32. The number of aromatic carboxylic acids is 1. The smallest absolute Gasteiger partial charge is 0.335 e. The average molecular weight is 246 g/mol. The summed E-state index contributed by atoms with van der Waals surface area (Å²) in [4.78, 5) is 19.9. The van der Waals surface area contributed by atoms with Crippen molar-refractivity contribution in [2.45, 2.75) is 16.8 Å². The van der Waals surface area contributed by atoms with Gasteiger partial charge >= 0.3 is 5.97 Å². The van der Waals surface area contributed by atoms with Crippen LogP contribution in [0.4, 0.5) is 0 Å². The zero-order valence-corrected chi connectivity index (χ0v) is 9.94. The number of benzene rings is 1. The first-order chi connectivity index (χ1) is 8.16. The van der Waals surface area contributed by atoms with E-state index in [2.05, 4.69) is 9.97 Å². The van der Waals surface area contributed by atoms with Gasteiger partial charge in [-0.15, -0.1) is 0 Å². The highest BCUT2D eigenvalue weighted by Gasteiger charge is 2.08. The Balaban J connectivity index is 2.29. The summed E-state index contributed by atoms with van der Waals surface area (Å²) in [5, 5.41) is 9.76. The van der Waals surface area contributed by atoms with E-state index >= 15 is 0 Å². The molecule has 2 aromatic rings. The highest BCUT2D eigenvalue weighted by molar-refractivity contribution is 7.99. The standard InChI is InChI=1S/C12H10N2O2S/c1-8-2-3-9(6-10(8)12(15)16)17-11-7-13-4-5-14-11/h2-7H,1H3,(H,15,16). The first-order valence-electron chi connectivity index (χ1n) is 4.94. The van der Waals surface area contributed by atoms with E-state index in [-0.39, 0.29) is 0 Å². The Kier molecular flexibility index (Phi) is 3.39. The van der Waals surface area contributed by atoms with Gasteiger partial charge in [0.25, 0.3) is 0 Å². The maximum atomic E-state index is 11.0. The molecule has 0 aliphatic carbocycles. The van der Waals surface area contributed by atoms with E-state index < -0.39 is 5.97 Å². The zero-order chi connectivity index (χ0) is 12.3. The van der Waals surface area contributed by atoms with Crippen LogP contribution in [0.1, 0.15) is 15.9 Å². The molecule has 1 aromatic heterocycles. The number of nitrogens with zero attached hydrogens (tertiary/aromatic N) is 2. The summed E-state index contributed by atoms with van der Waals surface area (Å²) in [6.45, 7) is 1.78. The monoisotopic (exact) mass is 246 g/mol. The van der Waals surface area contributed by atoms with Crippen LogP contribution in [-0.2, 0) is 0 Å². The molecular weight excluding hydrogens is 236 g/mol. The average Bonchev–Trinajstić information content (AvgIpc) is 2.32. The molecule has 0 bridgehead atoms. The predicted octanol–water partition coefficient (Wildman–Crippen LogP) is 2.63. The third-order valence-corrected chi connectivity index (χ3v) is 3.11. The van der Waals surface area contributed by atoms with Crippen molar-refractivity contribution in [3.05, 3.63) is 47.9 Å². The van der Waals surface area contributed by atoms with Crippen molar-refractivity contribution >= 4 is 17.7 Å². The number of carboxylic acid groups (broad SMARTS) is 1. The Labute approximate surface area is 103 Å². The van der Waals surface area contributed by atoms with Gasteiger partial charge in [-0.25, -0.2) is 9.78 Å². The topological polar surface area (TPSA) is 63.1 Å². The lowest BCUT2D eigenvalue weighted by Crippen LogP contribution is -1.99. The molecule has 1 heterocycles. The van der Waals surface area contributed by atoms with Crippen LogP contribution in [0.3, 0.4) is 0 Å². The lowest BCUT2D eigenvalue weighted by atomic mass is 10.1. The minimum absolute atomic E-state index is 0.318. The van der Waals surface area contributed by atoms with E-state index in [4.69, 9.17) is 5.11 Å². The van der Waals surface area contributed by atoms with Gasteiger partial charge in [0.1, 0.15) is 5.03 Å². The Hall–Kier alpha value is -1.88. The lowest BCUT2D eigenvalue weighted by molar-refractivity contribution is 0.0696. The maximum absolute atomic E-state index is 11.0. The molecule has 0 spiro atoms. The normalized spacial score (nSPS) is 10.2. The fraction of sp³-hybridized carbons (Fsp3) is 0.0833. The van der Waals surface area contributed by atoms with Crippen LogP contribution >= 0.6 is 11.8 Å². The molecule has 0 aliphatic rings. The van der Waals surface area contributed by atoms with Crippen molar-refractivity contribution < 1.29 is 9.90 Å². The van der Waals surface area contributed by atoms with Crippen LogP contribution in [0.25, 0.3) is 0 Å². The molecule has 17 heavy (non-hydrogen) atoms. The van der Waals surface area contributed by atoms with Gasteiger partial charge < -0.3 is 5.11 Å². The third kappa shape index (κ3) is 2.82. The highest BCUT2D eigenvalue weighted by Crippen LogP contribution is 2.26. The molecule has 0 atom stereocenters. The molecule has 0 saturated carbocycles. The lowest BCUT2D eigenvalue weighted by Gasteiger charge is -2.04. The fourth-order valence-corrected chi connectivity index (χ4v) is 2.14. The quantitative estimate of drug-likeness (QED) is 0.902. The first-order valence-corrected chi connectivity index (χ1v) is 5.76. The summed E-state index contributed by atoms with van der Waals surface area (Å²) >= 11 is 1.39. The second kappa shape index (κ2) is 4.97. The molecule has 0 fully saturated rings. The second-order valence-corrected chi connectivity index (χ2v) is 4.52. The largest absolute Gasteiger partial charge is 0.478 e. The number of aryl methyl sites for hydroxylation is 1. The molecule has 0 aliphatic heterocycles. The van der Waals surface area contributed by atoms with E-state index in [1.54, 1.807) is 37.6 Å². The Morgan fingerprint density at radius 1 is 1.35 bits per heavy atom. The summed E-state index contributed by atoms with van der Waals surface area (Å²) < 4.78 is 0. The van der Waals surface area contributed by atoms with E-state index in [1.807, 2.05) is 6.07 Å². The Morgan fingerprint density at radius 2 is 2.18 bits per heavy atom. The summed E-state index contributed by atoms with van der Waals surface area (Å²) in [5.41, 5.74) is 1.07.